The molecule has 2 aromatic rings. The predicted octanol–water partition coefficient (Wildman–Crippen LogP) is 2.74. The topological polar surface area (TPSA) is 85.0 Å². The highest BCUT2D eigenvalue weighted by Gasteiger charge is 2.01. The largest absolute Gasteiger partial charge is 0.491 e. The molecule has 1 aromatic heterocycles. The quantitative estimate of drug-likeness (QED) is 0.521. The monoisotopic (exact) mass is 371 g/mol. The van der Waals surface area contributed by atoms with Crippen LogP contribution in [-0.4, -0.2) is 49.2 Å². The Kier molecular flexibility index (Phi) is 7.88. The Labute approximate surface area is 161 Å². The van der Waals surface area contributed by atoms with Crippen molar-refractivity contribution >= 4 is 11.6 Å². The first kappa shape index (κ1) is 20.5. The summed E-state index contributed by atoms with van der Waals surface area (Å²) in [5.41, 5.74) is 7.82. The highest BCUT2D eigenvalue weighted by atomic mass is 16.5. The van der Waals surface area contributed by atoms with E-state index in [4.69, 9.17) is 15.2 Å². The molecule has 0 aliphatic rings. The van der Waals surface area contributed by atoms with Crippen molar-refractivity contribution in [2.75, 3.05) is 32.6 Å². The van der Waals surface area contributed by atoms with Gasteiger partial charge in [0.2, 0.25) is 5.88 Å². The third-order valence-corrected chi connectivity index (χ3v) is 3.52. The lowest BCUT2D eigenvalue weighted by atomic mass is 10.3. The number of hydrogen-bond acceptors (Lipinski definition) is 5. The van der Waals surface area contributed by atoms with Crippen LogP contribution in [-0.2, 0) is 6.54 Å². The van der Waals surface area contributed by atoms with E-state index in [0.29, 0.717) is 25.0 Å². The van der Waals surface area contributed by atoms with E-state index in [1.807, 2.05) is 64.3 Å². The molecule has 3 N–H and O–H groups in total. The van der Waals surface area contributed by atoms with Gasteiger partial charge in [-0.25, -0.2) is 9.98 Å². The maximum absolute atomic E-state index is 5.98. The van der Waals surface area contributed by atoms with Crippen LogP contribution in [0.2, 0.25) is 0 Å². The number of anilines is 1. The zero-order valence-electron chi connectivity index (χ0n) is 16.5. The van der Waals surface area contributed by atoms with Crippen LogP contribution < -0.4 is 20.5 Å². The second kappa shape index (κ2) is 10.4. The molecule has 0 bridgehead atoms. The van der Waals surface area contributed by atoms with Gasteiger partial charge in [-0.2, -0.15) is 0 Å². The third kappa shape index (κ3) is 7.96. The number of nitrogens with one attached hydrogen (secondary N) is 1. The van der Waals surface area contributed by atoms with Gasteiger partial charge >= 0.3 is 0 Å². The molecule has 146 valence electrons. The van der Waals surface area contributed by atoms with E-state index in [0.717, 1.165) is 23.5 Å². The lowest BCUT2D eigenvalue weighted by Crippen LogP contribution is -2.22. The number of likely N-dealkylation sites (N-methyl/N-ethyl adjacent to an activating group) is 1. The lowest BCUT2D eigenvalue weighted by molar-refractivity contribution is 0.242. The lowest BCUT2D eigenvalue weighted by Gasteiger charge is -2.11. The average molecular weight is 371 g/mol. The first-order valence-corrected chi connectivity index (χ1v) is 8.98. The van der Waals surface area contributed by atoms with E-state index in [2.05, 4.69) is 20.2 Å². The van der Waals surface area contributed by atoms with Crippen LogP contribution >= 0.6 is 0 Å². The van der Waals surface area contributed by atoms with Gasteiger partial charge in [0.25, 0.3) is 0 Å². The summed E-state index contributed by atoms with van der Waals surface area (Å²) in [6.07, 6.45) is 1.86. The fourth-order valence-electron chi connectivity index (χ4n) is 2.21. The number of pyridine rings is 1. The van der Waals surface area contributed by atoms with Crippen molar-refractivity contribution in [3.63, 3.8) is 0 Å². The second-order valence-electron chi connectivity index (χ2n) is 6.67. The Morgan fingerprint density at radius 3 is 2.63 bits per heavy atom. The summed E-state index contributed by atoms with van der Waals surface area (Å²) >= 11 is 0. The van der Waals surface area contributed by atoms with Crippen LogP contribution in [0.15, 0.2) is 47.6 Å². The molecule has 27 heavy (non-hydrogen) atoms. The Balaban J connectivity index is 1.87. The highest BCUT2D eigenvalue weighted by molar-refractivity contribution is 5.92. The molecule has 7 heteroatoms. The number of hydrogen-bond donors (Lipinski definition) is 2. The first-order chi connectivity index (χ1) is 12.9. The van der Waals surface area contributed by atoms with Crippen LogP contribution in [0.1, 0.15) is 19.4 Å². The van der Waals surface area contributed by atoms with E-state index < -0.39 is 0 Å². The van der Waals surface area contributed by atoms with Crippen molar-refractivity contribution in [2.45, 2.75) is 26.5 Å². The molecule has 0 radical (unpaired) electrons. The molecule has 0 aliphatic heterocycles. The van der Waals surface area contributed by atoms with Gasteiger partial charge in [0.15, 0.2) is 5.96 Å². The van der Waals surface area contributed by atoms with Crippen molar-refractivity contribution in [1.82, 2.24) is 9.88 Å². The maximum Gasteiger partial charge on any atom is 0.213 e. The van der Waals surface area contributed by atoms with Gasteiger partial charge < -0.3 is 25.4 Å². The van der Waals surface area contributed by atoms with Gasteiger partial charge in [-0.15, -0.1) is 0 Å². The molecule has 0 saturated heterocycles. The molecule has 0 fully saturated rings. The molecule has 0 amide bonds. The number of aliphatic imine (C=N–C) groups is 1. The standard InChI is InChI=1S/C20H29N5O2/c1-15(2)27-18-7-5-17(6-8-18)24-20(21)23-14-16-9-10-22-19(13-16)26-12-11-25(3)4/h5-10,13,15H,11-12,14H2,1-4H3,(H3,21,23,24). The van der Waals surface area contributed by atoms with Crippen LogP contribution in [0.4, 0.5) is 5.69 Å². The van der Waals surface area contributed by atoms with Crippen LogP contribution in [0.25, 0.3) is 0 Å². The van der Waals surface area contributed by atoms with Gasteiger partial charge in [-0.05, 0) is 63.8 Å². The van der Waals surface area contributed by atoms with Crippen molar-refractivity contribution in [2.24, 2.45) is 10.7 Å². The predicted molar refractivity (Wildman–Crippen MR) is 109 cm³/mol. The summed E-state index contributed by atoms with van der Waals surface area (Å²) in [5, 5.41) is 3.07. The van der Waals surface area contributed by atoms with E-state index in [1.165, 1.54) is 0 Å². The molecule has 2 rings (SSSR count). The number of aromatic nitrogens is 1. The molecule has 0 spiro atoms. The van der Waals surface area contributed by atoms with Crippen molar-refractivity contribution in [3.8, 4) is 11.6 Å². The molecular weight excluding hydrogens is 342 g/mol. The van der Waals surface area contributed by atoms with Crippen molar-refractivity contribution in [3.05, 3.63) is 48.2 Å². The smallest absolute Gasteiger partial charge is 0.213 e. The van der Waals surface area contributed by atoms with Crippen LogP contribution in [0, 0.1) is 0 Å². The van der Waals surface area contributed by atoms with Gasteiger partial charge in [0.1, 0.15) is 12.4 Å². The summed E-state index contributed by atoms with van der Waals surface area (Å²) in [6, 6.07) is 11.4. The minimum atomic E-state index is 0.146. The van der Waals surface area contributed by atoms with Crippen molar-refractivity contribution < 1.29 is 9.47 Å². The Bertz CT molecular complexity index is 729. The van der Waals surface area contributed by atoms with Gasteiger partial charge in [-0.1, -0.05) is 0 Å². The fraction of sp³-hybridized carbons (Fsp3) is 0.400. The molecule has 7 nitrogen and oxygen atoms in total. The Morgan fingerprint density at radius 1 is 1.22 bits per heavy atom. The number of nitrogens with zero attached hydrogens (tertiary/aromatic N) is 3. The van der Waals surface area contributed by atoms with Crippen molar-refractivity contribution in [1.29, 1.82) is 0 Å². The molecule has 1 aromatic carbocycles. The van der Waals surface area contributed by atoms with E-state index in [9.17, 15) is 0 Å². The number of rotatable bonds is 9. The van der Waals surface area contributed by atoms with Crippen LogP contribution in [0.5, 0.6) is 11.6 Å². The summed E-state index contributed by atoms with van der Waals surface area (Å²) in [5.74, 6) is 1.76. The SMILES string of the molecule is CC(C)Oc1ccc(NC(N)=NCc2ccnc(OCCN(C)C)c2)cc1. The second-order valence-corrected chi connectivity index (χ2v) is 6.67. The van der Waals surface area contributed by atoms with E-state index >= 15 is 0 Å². The minimum absolute atomic E-state index is 0.146. The van der Waals surface area contributed by atoms with Gasteiger partial charge in [-0.3, -0.25) is 0 Å². The number of nitrogens with two attached hydrogens (primary N) is 1. The molecule has 1 heterocycles. The summed E-state index contributed by atoms with van der Waals surface area (Å²) in [6.45, 7) is 5.86. The summed E-state index contributed by atoms with van der Waals surface area (Å²) in [7, 11) is 4.01. The molecular formula is C20H29N5O2. The average Bonchev–Trinajstić information content (AvgIpc) is 2.61. The molecule has 0 aliphatic carbocycles. The zero-order valence-corrected chi connectivity index (χ0v) is 16.5. The molecule has 0 unspecified atom stereocenters. The van der Waals surface area contributed by atoms with Gasteiger partial charge in [0, 0.05) is 24.5 Å². The molecule has 0 atom stereocenters. The maximum atomic E-state index is 5.98. The van der Waals surface area contributed by atoms with Gasteiger partial charge in [0.05, 0.1) is 12.6 Å². The minimum Gasteiger partial charge on any atom is -0.491 e. The fourth-order valence-corrected chi connectivity index (χ4v) is 2.21. The normalized spacial score (nSPS) is 11.7. The summed E-state index contributed by atoms with van der Waals surface area (Å²) < 4.78 is 11.3. The number of ether oxygens (including phenoxy) is 2. The Hall–Kier alpha value is -2.80. The summed E-state index contributed by atoms with van der Waals surface area (Å²) in [4.78, 5) is 10.6. The highest BCUT2D eigenvalue weighted by Crippen LogP contribution is 2.17. The van der Waals surface area contributed by atoms with E-state index in [1.54, 1.807) is 6.20 Å². The Morgan fingerprint density at radius 2 is 1.96 bits per heavy atom. The number of benzene rings is 1. The van der Waals surface area contributed by atoms with E-state index in [-0.39, 0.29) is 6.10 Å². The molecule has 0 saturated carbocycles. The van der Waals surface area contributed by atoms with Crippen LogP contribution in [0.3, 0.4) is 0 Å². The zero-order chi connectivity index (χ0) is 19.6. The number of guanidine groups is 1. The third-order valence-electron chi connectivity index (χ3n) is 3.52. The first-order valence-electron chi connectivity index (χ1n) is 8.98.